The van der Waals surface area contributed by atoms with Crippen LogP contribution in [0.3, 0.4) is 0 Å². The first-order valence-electron chi connectivity index (χ1n) is 4.01. The lowest BCUT2D eigenvalue weighted by Gasteiger charge is -2.15. The van der Waals surface area contributed by atoms with Crippen LogP contribution < -0.4 is 5.32 Å². The number of aliphatic hydroxyl groups excluding tert-OH is 1. The fraction of sp³-hybridized carbons (Fsp3) is 1.00. The number of halogens is 2. The summed E-state index contributed by atoms with van der Waals surface area (Å²) >= 11 is 0. The van der Waals surface area contributed by atoms with Crippen LogP contribution in [0.2, 0.25) is 0 Å². The molecule has 0 radical (unpaired) electrons. The molecule has 0 aliphatic carbocycles. The largest absolute Gasteiger partial charge is 0.389 e. The SMILES string of the molecule is OC1CO[C@@H]2C(C(F)F)CNC12. The van der Waals surface area contributed by atoms with Gasteiger partial charge < -0.3 is 15.2 Å². The summed E-state index contributed by atoms with van der Waals surface area (Å²) in [6.07, 6.45) is -3.49. The zero-order valence-electron chi connectivity index (χ0n) is 6.41. The van der Waals surface area contributed by atoms with E-state index in [-0.39, 0.29) is 19.2 Å². The zero-order valence-corrected chi connectivity index (χ0v) is 6.41. The van der Waals surface area contributed by atoms with Crippen LogP contribution in [0.25, 0.3) is 0 Å². The second-order valence-corrected chi connectivity index (χ2v) is 3.30. The van der Waals surface area contributed by atoms with Crippen LogP contribution in [-0.2, 0) is 4.74 Å². The van der Waals surface area contributed by atoms with Gasteiger partial charge >= 0.3 is 0 Å². The molecule has 0 saturated carbocycles. The first-order chi connectivity index (χ1) is 5.70. The smallest absolute Gasteiger partial charge is 0.245 e. The van der Waals surface area contributed by atoms with Gasteiger partial charge in [-0.15, -0.1) is 0 Å². The van der Waals surface area contributed by atoms with Gasteiger partial charge in [0.15, 0.2) is 0 Å². The fourth-order valence-corrected chi connectivity index (χ4v) is 1.90. The predicted octanol–water partition coefficient (Wildman–Crippen LogP) is -0.401. The van der Waals surface area contributed by atoms with E-state index in [1.807, 2.05) is 0 Å². The topological polar surface area (TPSA) is 41.5 Å². The lowest BCUT2D eigenvalue weighted by Crippen LogP contribution is -2.36. The number of aliphatic hydroxyl groups is 1. The van der Waals surface area contributed by atoms with Crippen LogP contribution in [0.1, 0.15) is 0 Å². The van der Waals surface area contributed by atoms with Gasteiger partial charge in [-0.3, -0.25) is 0 Å². The molecule has 12 heavy (non-hydrogen) atoms. The maximum absolute atomic E-state index is 12.3. The van der Waals surface area contributed by atoms with Crippen molar-refractivity contribution in [2.75, 3.05) is 13.2 Å². The summed E-state index contributed by atoms with van der Waals surface area (Å²) in [7, 11) is 0. The van der Waals surface area contributed by atoms with Gasteiger partial charge in [0.2, 0.25) is 6.43 Å². The molecule has 2 saturated heterocycles. The Labute approximate surface area is 68.7 Å². The molecule has 0 aromatic heterocycles. The minimum atomic E-state index is -2.36. The third-order valence-electron chi connectivity index (χ3n) is 2.56. The van der Waals surface area contributed by atoms with Crippen LogP contribution in [0.4, 0.5) is 8.78 Å². The molecule has 3 unspecified atom stereocenters. The first kappa shape index (κ1) is 8.34. The second kappa shape index (κ2) is 2.90. The number of nitrogens with one attached hydrogen (secondary N) is 1. The van der Waals surface area contributed by atoms with Crippen LogP contribution in [0.15, 0.2) is 0 Å². The molecule has 0 aromatic rings. The van der Waals surface area contributed by atoms with Crippen molar-refractivity contribution in [1.29, 1.82) is 0 Å². The number of rotatable bonds is 1. The highest BCUT2D eigenvalue weighted by Gasteiger charge is 2.48. The molecule has 2 fully saturated rings. The van der Waals surface area contributed by atoms with E-state index in [1.165, 1.54) is 0 Å². The fourth-order valence-electron chi connectivity index (χ4n) is 1.90. The van der Waals surface area contributed by atoms with Gasteiger partial charge in [-0.05, 0) is 0 Å². The van der Waals surface area contributed by atoms with E-state index in [2.05, 4.69) is 5.32 Å². The lowest BCUT2D eigenvalue weighted by molar-refractivity contribution is -0.00722. The summed E-state index contributed by atoms with van der Waals surface area (Å²) in [6, 6.07) is -0.288. The quantitative estimate of drug-likeness (QED) is 0.575. The molecule has 2 N–H and O–H groups in total. The molecule has 0 aromatic carbocycles. The summed E-state index contributed by atoms with van der Waals surface area (Å²) < 4.78 is 29.7. The Hall–Kier alpha value is -0.260. The van der Waals surface area contributed by atoms with Gasteiger partial charge in [0.1, 0.15) is 0 Å². The van der Waals surface area contributed by atoms with Gasteiger partial charge in [0.25, 0.3) is 0 Å². The van der Waals surface area contributed by atoms with Gasteiger partial charge in [-0.25, -0.2) is 8.78 Å². The van der Waals surface area contributed by atoms with Crippen molar-refractivity contribution < 1.29 is 18.6 Å². The van der Waals surface area contributed by atoms with Crippen LogP contribution in [0.5, 0.6) is 0 Å². The van der Waals surface area contributed by atoms with E-state index < -0.39 is 24.6 Å². The third-order valence-corrected chi connectivity index (χ3v) is 2.56. The molecule has 2 heterocycles. The first-order valence-corrected chi connectivity index (χ1v) is 4.01. The van der Waals surface area contributed by atoms with E-state index >= 15 is 0 Å². The highest BCUT2D eigenvalue weighted by atomic mass is 19.3. The number of hydrogen-bond acceptors (Lipinski definition) is 3. The summed E-state index contributed by atoms with van der Waals surface area (Å²) in [5, 5.41) is 12.1. The monoisotopic (exact) mass is 179 g/mol. The van der Waals surface area contributed by atoms with Crippen LogP contribution in [-0.4, -0.2) is 42.9 Å². The Kier molecular flexibility index (Phi) is 2.02. The van der Waals surface area contributed by atoms with Crippen molar-refractivity contribution in [2.45, 2.75) is 24.7 Å². The van der Waals surface area contributed by atoms with E-state index in [1.54, 1.807) is 0 Å². The Balaban J connectivity index is 2.05. The molecule has 5 heteroatoms. The molecule has 2 rings (SSSR count). The number of ether oxygens (including phenoxy) is 1. The van der Waals surface area contributed by atoms with E-state index in [0.717, 1.165) is 0 Å². The Morgan fingerprint density at radius 3 is 2.92 bits per heavy atom. The Bertz CT molecular complexity index is 179. The van der Waals surface area contributed by atoms with E-state index in [9.17, 15) is 13.9 Å². The second-order valence-electron chi connectivity index (χ2n) is 3.30. The van der Waals surface area contributed by atoms with Crippen LogP contribution in [0, 0.1) is 5.92 Å². The lowest BCUT2D eigenvalue weighted by atomic mass is 10.0. The maximum Gasteiger partial charge on any atom is 0.245 e. The summed E-state index contributed by atoms with van der Waals surface area (Å²) in [5.74, 6) is -0.757. The number of hydrogen-bond donors (Lipinski definition) is 2. The molecule has 70 valence electrons. The average molecular weight is 179 g/mol. The Morgan fingerprint density at radius 2 is 2.25 bits per heavy atom. The maximum atomic E-state index is 12.3. The number of alkyl halides is 2. The standard InChI is InChI=1S/C7H11F2NO2/c8-7(9)3-1-10-5-4(11)2-12-6(3)5/h3-7,10-11H,1-2H2/t3?,4?,5?,6-/m1/s1. The minimum absolute atomic E-state index is 0.172. The Morgan fingerprint density at radius 1 is 1.50 bits per heavy atom. The molecule has 2 aliphatic rings. The van der Waals surface area contributed by atoms with Crippen molar-refractivity contribution in [2.24, 2.45) is 5.92 Å². The normalized spacial score (nSPS) is 47.0. The number of fused-ring (bicyclic) bond motifs is 1. The minimum Gasteiger partial charge on any atom is -0.389 e. The third kappa shape index (κ3) is 1.12. The van der Waals surface area contributed by atoms with Crippen molar-refractivity contribution in [3.8, 4) is 0 Å². The molecule has 2 aliphatic heterocycles. The molecule has 4 atom stereocenters. The predicted molar refractivity (Wildman–Crippen MR) is 37.0 cm³/mol. The van der Waals surface area contributed by atoms with Gasteiger partial charge in [-0.1, -0.05) is 0 Å². The van der Waals surface area contributed by atoms with Gasteiger partial charge in [0, 0.05) is 6.54 Å². The molecular formula is C7H11F2NO2. The summed E-state index contributed by atoms with van der Waals surface area (Å²) in [6.45, 7) is 0.412. The van der Waals surface area contributed by atoms with Crippen molar-refractivity contribution >= 4 is 0 Å². The zero-order chi connectivity index (χ0) is 8.72. The molecular weight excluding hydrogens is 168 g/mol. The van der Waals surface area contributed by atoms with E-state index in [4.69, 9.17) is 4.74 Å². The van der Waals surface area contributed by atoms with Gasteiger partial charge in [-0.2, -0.15) is 0 Å². The summed E-state index contributed by atoms with van der Waals surface area (Å²) in [5.41, 5.74) is 0. The van der Waals surface area contributed by atoms with E-state index in [0.29, 0.717) is 0 Å². The van der Waals surface area contributed by atoms with Gasteiger partial charge in [0.05, 0.1) is 30.8 Å². The highest BCUT2D eigenvalue weighted by Crippen LogP contribution is 2.30. The molecule has 0 spiro atoms. The van der Waals surface area contributed by atoms with Crippen molar-refractivity contribution in [3.63, 3.8) is 0 Å². The highest BCUT2D eigenvalue weighted by molar-refractivity contribution is 5.00. The van der Waals surface area contributed by atoms with Crippen molar-refractivity contribution in [1.82, 2.24) is 5.32 Å². The molecule has 3 nitrogen and oxygen atoms in total. The van der Waals surface area contributed by atoms with Crippen molar-refractivity contribution in [3.05, 3.63) is 0 Å². The molecule has 0 amide bonds. The summed E-state index contributed by atoms with van der Waals surface area (Å²) in [4.78, 5) is 0. The van der Waals surface area contributed by atoms with Crippen LogP contribution >= 0.6 is 0 Å². The molecule has 0 bridgehead atoms. The average Bonchev–Trinajstić information content (AvgIpc) is 2.53.